The standard InChI is InChI=1S/C12H11ClN2O/c1-8-7-15-12(13)6-11(8)16-10-4-2-9(14)3-5-10/h2-7H,14H2,1H3. The van der Waals surface area contributed by atoms with Gasteiger partial charge in [-0.1, -0.05) is 11.6 Å². The lowest BCUT2D eigenvalue weighted by atomic mass is 10.3. The molecule has 3 nitrogen and oxygen atoms in total. The maximum Gasteiger partial charge on any atom is 0.134 e. The van der Waals surface area contributed by atoms with Crippen molar-refractivity contribution in [1.29, 1.82) is 0 Å². The first-order valence-corrected chi connectivity index (χ1v) is 5.18. The number of hydrogen-bond acceptors (Lipinski definition) is 3. The van der Waals surface area contributed by atoms with Gasteiger partial charge in [0.25, 0.3) is 0 Å². The Balaban J connectivity index is 2.26. The molecule has 1 heterocycles. The summed E-state index contributed by atoms with van der Waals surface area (Å²) in [5, 5.41) is 0.413. The molecule has 0 saturated heterocycles. The van der Waals surface area contributed by atoms with Gasteiger partial charge in [-0.2, -0.15) is 0 Å². The van der Waals surface area contributed by atoms with E-state index in [2.05, 4.69) is 4.98 Å². The van der Waals surface area contributed by atoms with Gasteiger partial charge in [-0.15, -0.1) is 0 Å². The average Bonchev–Trinajstić information content (AvgIpc) is 2.27. The molecule has 0 spiro atoms. The number of halogens is 1. The van der Waals surface area contributed by atoms with Crippen LogP contribution in [-0.4, -0.2) is 4.98 Å². The zero-order chi connectivity index (χ0) is 11.5. The zero-order valence-corrected chi connectivity index (χ0v) is 9.53. The summed E-state index contributed by atoms with van der Waals surface area (Å²) in [6.45, 7) is 1.91. The van der Waals surface area contributed by atoms with Crippen LogP contribution >= 0.6 is 11.6 Å². The van der Waals surface area contributed by atoms with Crippen LogP contribution in [0, 0.1) is 6.92 Å². The summed E-state index contributed by atoms with van der Waals surface area (Å²) in [4.78, 5) is 3.96. The van der Waals surface area contributed by atoms with Gasteiger partial charge in [-0.05, 0) is 31.2 Å². The number of nitrogen functional groups attached to an aromatic ring is 1. The lowest BCUT2D eigenvalue weighted by Crippen LogP contribution is -1.90. The summed E-state index contributed by atoms with van der Waals surface area (Å²) in [5.74, 6) is 1.42. The summed E-state index contributed by atoms with van der Waals surface area (Å²) < 4.78 is 5.66. The van der Waals surface area contributed by atoms with E-state index in [1.54, 1.807) is 24.4 Å². The third kappa shape index (κ3) is 2.44. The lowest BCUT2D eigenvalue weighted by Gasteiger charge is -2.08. The molecule has 0 saturated carbocycles. The molecule has 0 bridgehead atoms. The Labute approximate surface area is 98.8 Å². The van der Waals surface area contributed by atoms with Crippen LogP contribution in [0.4, 0.5) is 5.69 Å². The third-order valence-corrected chi connectivity index (χ3v) is 2.33. The van der Waals surface area contributed by atoms with E-state index in [0.717, 1.165) is 11.3 Å². The molecule has 0 atom stereocenters. The minimum Gasteiger partial charge on any atom is -0.457 e. The molecule has 82 valence electrons. The Bertz CT molecular complexity index is 497. The van der Waals surface area contributed by atoms with Crippen LogP contribution in [0.5, 0.6) is 11.5 Å². The molecule has 1 aromatic heterocycles. The summed E-state index contributed by atoms with van der Waals surface area (Å²) in [7, 11) is 0. The van der Waals surface area contributed by atoms with E-state index in [4.69, 9.17) is 22.1 Å². The molecule has 16 heavy (non-hydrogen) atoms. The number of ether oxygens (including phenoxy) is 1. The number of benzene rings is 1. The van der Waals surface area contributed by atoms with Crippen molar-refractivity contribution < 1.29 is 4.74 Å². The van der Waals surface area contributed by atoms with Crippen molar-refractivity contribution in [3.8, 4) is 11.5 Å². The predicted octanol–water partition coefficient (Wildman–Crippen LogP) is 3.42. The van der Waals surface area contributed by atoms with E-state index in [1.807, 2.05) is 19.1 Å². The largest absolute Gasteiger partial charge is 0.457 e. The van der Waals surface area contributed by atoms with Crippen molar-refractivity contribution in [2.45, 2.75) is 6.92 Å². The SMILES string of the molecule is Cc1cnc(Cl)cc1Oc1ccc(N)cc1. The Morgan fingerprint density at radius 3 is 2.62 bits per heavy atom. The second kappa shape index (κ2) is 4.41. The third-order valence-electron chi connectivity index (χ3n) is 2.13. The second-order valence-electron chi connectivity index (χ2n) is 3.44. The van der Waals surface area contributed by atoms with Crippen LogP contribution in [-0.2, 0) is 0 Å². The van der Waals surface area contributed by atoms with Crippen molar-refractivity contribution in [2.75, 3.05) is 5.73 Å². The molecule has 4 heteroatoms. The first-order valence-electron chi connectivity index (χ1n) is 4.81. The average molecular weight is 235 g/mol. The molecule has 2 aromatic rings. The summed E-state index contributed by atoms with van der Waals surface area (Å²) >= 11 is 5.80. The molecule has 2 rings (SSSR count). The zero-order valence-electron chi connectivity index (χ0n) is 8.77. The molecule has 1 aromatic carbocycles. The summed E-state index contributed by atoms with van der Waals surface area (Å²) in [6, 6.07) is 8.88. The van der Waals surface area contributed by atoms with Crippen LogP contribution in [0.1, 0.15) is 5.56 Å². The second-order valence-corrected chi connectivity index (χ2v) is 3.83. The molecule has 0 aliphatic heterocycles. The highest BCUT2D eigenvalue weighted by atomic mass is 35.5. The van der Waals surface area contributed by atoms with E-state index < -0.39 is 0 Å². The number of anilines is 1. The maximum atomic E-state index is 5.80. The normalized spacial score (nSPS) is 10.1. The Morgan fingerprint density at radius 2 is 1.94 bits per heavy atom. The summed E-state index contributed by atoms with van der Waals surface area (Å²) in [6.07, 6.45) is 1.68. The van der Waals surface area contributed by atoms with Gasteiger partial charge in [0.15, 0.2) is 0 Å². The lowest BCUT2D eigenvalue weighted by molar-refractivity contribution is 0.478. The molecule has 2 N–H and O–H groups in total. The number of aromatic nitrogens is 1. The van der Waals surface area contributed by atoms with Crippen LogP contribution in [0.3, 0.4) is 0 Å². The highest BCUT2D eigenvalue weighted by Crippen LogP contribution is 2.26. The number of nitrogens with zero attached hydrogens (tertiary/aromatic N) is 1. The van der Waals surface area contributed by atoms with E-state index in [1.165, 1.54) is 0 Å². The number of aryl methyl sites for hydroxylation is 1. The van der Waals surface area contributed by atoms with Crippen molar-refractivity contribution in [1.82, 2.24) is 4.98 Å². The quantitative estimate of drug-likeness (QED) is 0.640. The van der Waals surface area contributed by atoms with Gasteiger partial charge in [0.05, 0.1) is 0 Å². The fourth-order valence-corrected chi connectivity index (χ4v) is 1.40. The Hall–Kier alpha value is -1.74. The molecule has 0 aliphatic rings. The monoisotopic (exact) mass is 234 g/mol. The minimum atomic E-state index is 0.413. The van der Waals surface area contributed by atoms with Gasteiger partial charge < -0.3 is 10.5 Å². The molecular weight excluding hydrogens is 224 g/mol. The van der Waals surface area contributed by atoms with Crippen LogP contribution in [0.25, 0.3) is 0 Å². The predicted molar refractivity (Wildman–Crippen MR) is 64.9 cm³/mol. The van der Waals surface area contributed by atoms with Crippen molar-refractivity contribution in [2.24, 2.45) is 0 Å². The van der Waals surface area contributed by atoms with E-state index in [0.29, 0.717) is 16.6 Å². The smallest absolute Gasteiger partial charge is 0.134 e. The van der Waals surface area contributed by atoms with E-state index >= 15 is 0 Å². The molecule has 0 unspecified atom stereocenters. The topological polar surface area (TPSA) is 48.1 Å². The molecule has 0 amide bonds. The van der Waals surface area contributed by atoms with Crippen LogP contribution in [0.15, 0.2) is 36.5 Å². The Morgan fingerprint density at radius 1 is 1.25 bits per heavy atom. The molecule has 0 aliphatic carbocycles. The maximum absolute atomic E-state index is 5.80. The fraction of sp³-hybridized carbons (Fsp3) is 0.0833. The van der Waals surface area contributed by atoms with Crippen molar-refractivity contribution in [3.63, 3.8) is 0 Å². The molecule has 0 fully saturated rings. The van der Waals surface area contributed by atoms with Crippen molar-refractivity contribution >= 4 is 17.3 Å². The highest BCUT2D eigenvalue weighted by Gasteiger charge is 2.03. The van der Waals surface area contributed by atoms with Gasteiger partial charge >= 0.3 is 0 Å². The highest BCUT2D eigenvalue weighted by molar-refractivity contribution is 6.29. The number of pyridine rings is 1. The number of nitrogens with two attached hydrogens (primary N) is 1. The van der Waals surface area contributed by atoms with Gasteiger partial charge in [-0.3, -0.25) is 0 Å². The number of rotatable bonds is 2. The first-order chi connectivity index (χ1) is 7.65. The molecular formula is C12H11ClN2O. The van der Waals surface area contributed by atoms with Gasteiger partial charge in [-0.25, -0.2) is 4.98 Å². The van der Waals surface area contributed by atoms with Crippen LogP contribution in [0.2, 0.25) is 5.15 Å². The first kappa shape index (κ1) is 10.8. The fourth-order valence-electron chi connectivity index (χ4n) is 1.25. The van der Waals surface area contributed by atoms with Gasteiger partial charge in [0, 0.05) is 23.5 Å². The minimum absolute atomic E-state index is 0.413. The Kier molecular flexibility index (Phi) is 2.97. The van der Waals surface area contributed by atoms with E-state index in [-0.39, 0.29) is 0 Å². The summed E-state index contributed by atoms with van der Waals surface area (Å²) in [5.41, 5.74) is 7.22. The molecule has 0 radical (unpaired) electrons. The van der Waals surface area contributed by atoms with Gasteiger partial charge in [0.2, 0.25) is 0 Å². The van der Waals surface area contributed by atoms with Crippen molar-refractivity contribution in [3.05, 3.63) is 47.2 Å². The van der Waals surface area contributed by atoms with E-state index in [9.17, 15) is 0 Å². The van der Waals surface area contributed by atoms with Gasteiger partial charge in [0.1, 0.15) is 16.7 Å². The number of hydrogen-bond donors (Lipinski definition) is 1. The van der Waals surface area contributed by atoms with Crippen LogP contribution < -0.4 is 10.5 Å².